The Labute approximate surface area is 104 Å². The molecule has 0 saturated carbocycles. The summed E-state index contributed by atoms with van der Waals surface area (Å²) in [5, 5.41) is 3.05. The molecule has 1 heterocycles. The summed E-state index contributed by atoms with van der Waals surface area (Å²) in [5.74, 6) is -1.88. The van der Waals surface area contributed by atoms with Gasteiger partial charge in [-0.25, -0.2) is 21.9 Å². The molecular formula is C11H14F2N2O2S. The topological polar surface area (TPSA) is 58.2 Å². The first-order valence-corrected chi connectivity index (χ1v) is 7.15. The molecular weight excluding hydrogens is 262 g/mol. The molecule has 1 aliphatic rings. The third kappa shape index (κ3) is 3.04. The smallest absolute Gasteiger partial charge is 0.243 e. The number of halogens is 2. The van der Waals surface area contributed by atoms with E-state index in [0.29, 0.717) is 19.0 Å². The van der Waals surface area contributed by atoms with Crippen molar-refractivity contribution in [3.05, 3.63) is 29.8 Å². The van der Waals surface area contributed by atoms with Crippen molar-refractivity contribution in [2.75, 3.05) is 13.1 Å². The molecule has 100 valence electrons. The van der Waals surface area contributed by atoms with Crippen LogP contribution in [0.25, 0.3) is 0 Å². The highest BCUT2D eigenvalue weighted by molar-refractivity contribution is 7.89. The van der Waals surface area contributed by atoms with Gasteiger partial charge in [-0.2, -0.15) is 0 Å². The Bertz CT molecular complexity index is 528. The standard InChI is InChI=1S/C11H14F2N2O2S/c12-8-3-4-11(10(13)6-8)18(16,17)15-9-2-1-5-14-7-9/h3-4,6,9,14-15H,1-2,5,7H2/t9-/m0/s1. The minimum atomic E-state index is -3.94. The number of rotatable bonds is 3. The summed E-state index contributed by atoms with van der Waals surface area (Å²) in [6.07, 6.45) is 1.56. The Morgan fingerprint density at radius 3 is 2.72 bits per heavy atom. The van der Waals surface area contributed by atoms with Crippen LogP contribution in [-0.2, 0) is 10.0 Å². The average molecular weight is 276 g/mol. The summed E-state index contributed by atoms with van der Waals surface area (Å²) in [5.41, 5.74) is 0. The van der Waals surface area contributed by atoms with E-state index >= 15 is 0 Å². The van der Waals surface area contributed by atoms with Gasteiger partial charge >= 0.3 is 0 Å². The Hall–Kier alpha value is -1.05. The summed E-state index contributed by atoms with van der Waals surface area (Å²) >= 11 is 0. The summed E-state index contributed by atoms with van der Waals surface area (Å²) < 4.78 is 52.4. The maximum Gasteiger partial charge on any atom is 0.243 e. The third-order valence-corrected chi connectivity index (χ3v) is 4.36. The van der Waals surface area contributed by atoms with Crippen LogP contribution in [0, 0.1) is 11.6 Å². The Balaban J connectivity index is 2.19. The van der Waals surface area contributed by atoms with Gasteiger partial charge in [0.2, 0.25) is 10.0 Å². The van der Waals surface area contributed by atoms with Gasteiger partial charge in [-0.1, -0.05) is 0 Å². The van der Waals surface area contributed by atoms with Crippen LogP contribution in [0.15, 0.2) is 23.1 Å². The molecule has 1 aromatic carbocycles. The van der Waals surface area contributed by atoms with Crippen LogP contribution in [-0.4, -0.2) is 27.5 Å². The van der Waals surface area contributed by atoms with Crippen molar-refractivity contribution in [2.24, 2.45) is 0 Å². The fourth-order valence-electron chi connectivity index (χ4n) is 1.93. The van der Waals surface area contributed by atoms with Crippen LogP contribution < -0.4 is 10.0 Å². The van der Waals surface area contributed by atoms with Crippen LogP contribution in [0.5, 0.6) is 0 Å². The summed E-state index contributed by atoms with van der Waals surface area (Å²) in [4.78, 5) is -0.519. The Morgan fingerprint density at radius 1 is 1.33 bits per heavy atom. The van der Waals surface area contributed by atoms with Crippen molar-refractivity contribution in [1.29, 1.82) is 0 Å². The lowest BCUT2D eigenvalue weighted by atomic mass is 10.1. The molecule has 0 aromatic heterocycles. The van der Waals surface area contributed by atoms with E-state index in [0.717, 1.165) is 25.1 Å². The molecule has 0 amide bonds. The van der Waals surface area contributed by atoms with Gasteiger partial charge in [-0.3, -0.25) is 0 Å². The van der Waals surface area contributed by atoms with Gasteiger partial charge in [0.15, 0.2) is 0 Å². The molecule has 1 atom stereocenters. The van der Waals surface area contributed by atoms with Crippen molar-refractivity contribution in [3.8, 4) is 0 Å². The predicted octanol–water partition coefficient (Wildman–Crippen LogP) is 0.995. The molecule has 4 nitrogen and oxygen atoms in total. The molecule has 1 aliphatic heterocycles. The highest BCUT2D eigenvalue weighted by atomic mass is 32.2. The molecule has 2 rings (SSSR count). The minimum Gasteiger partial charge on any atom is -0.315 e. The first-order valence-electron chi connectivity index (χ1n) is 5.67. The lowest BCUT2D eigenvalue weighted by Gasteiger charge is -2.23. The summed E-state index contributed by atoms with van der Waals surface area (Å²) in [7, 11) is -3.94. The van der Waals surface area contributed by atoms with E-state index in [2.05, 4.69) is 10.0 Å². The Morgan fingerprint density at radius 2 is 2.11 bits per heavy atom. The number of nitrogens with one attached hydrogen (secondary N) is 2. The highest BCUT2D eigenvalue weighted by Gasteiger charge is 2.24. The first-order chi connectivity index (χ1) is 8.49. The quantitative estimate of drug-likeness (QED) is 0.866. The molecule has 1 fully saturated rings. The van der Waals surface area contributed by atoms with Crippen LogP contribution >= 0.6 is 0 Å². The summed E-state index contributed by atoms with van der Waals surface area (Å²) in [6, 6.07) is 2.17. The molecule has 0 radical (unpaired) electrons. The molecule has 7 heteroatoms. The van der Waals surface area contributed by atoms with Crippen LogP contribution in [0.2, 0.25) is 0 Å². The predicted molar refractivity (Wildman–Crippen MR) is 62.6 cm³/mol. The second-order valence-electron chi connectivity index (χ2n) is 4.24. The van der Waals surface area contributed by atoms with Gasteiger partial charge in [0.25, 0.3) is 0 Å². The van der Waals surface area contributed by atoms with Crippen molar-refractivity contribution < 1.29 is 17.2 Å². The molecule has 1 aromatic rings. The van der Waals surface area contributed by atoms with E-state index < -0.39 is 26.6 Å². The van der Waals surface area contributed by atoms with Gasteiger partial charge in [-0.05, 0) is 31.5 Å². The zero-order valence-electron chi connectivity index (χ0n) is 9.62. The fourth-order valence-corrected chi connectivity index (χ4v) is 3.26. The number of benzene rings is 1. The molecule has 0 bridgehead atoms. The molecule has 0 unspecified atom stereocenters. The lowest BCUT2D eigenvalue weighted by molar-refractivity contribution is 0.427. The second kappa shape index (κ2) is 5.29. The number of piperidine rings is 1. The van der Waals surface area contributed by atoms with Gasteiger partial charge in [-0.15, -0.1) is 0 Å². The van der Waals surface area contributed by atoms with E-state index in [1.807, 2.05) is 0 Å². The normalized spacial score (nSPS) is 20.9. The van der Waals surface area contributed by atoms with Crippen molar-refractivity contribution in [1.82, 2.24) is 10.0 Å². The fraction of sp³-hybridized carbons (Fsp3) is 0.455. The van der Waals surface area contributed by atoms with Gasteiger partial charge in [0, 0.05) is 18.7 Å². The average Bonchev–Trinajstić information content (AvgIpc) is 2.29. The molecule has 0 aliphatic carbocycles. The number of hydrogen-bond acceptors (Lipinski definition) is 3. The van der Waals surface area contributed by atoms with Crippen molar-refractivity contribution >= 4 is 10.0 Å². The Kier molecular flexibility index (Phi) is 3.94. The monoisotopic (exact) mass is 276 g/mol. The second-order valence-corrected chi connectivity index (χ2v) is 5.92. The maximum atomic E-state index is 13.4. The zero-order valence-corrected chi connectivity index (χ0v) is 10.4. The summed E-state index contributed by atoms with van der Waals surface area (Å²) in [6.45, 7) is 1.37. The molecule has 1 saturated heterocycles. The van der Waals surface area contributed by atoms with E-state index in [1.165, 1.54) is 0 Å². The van der Waals surface area contributed by atoms with E-state index in [9.17, 15) is 17.2 Å². The van der Waals surface area contributed by atoms with Crippen molar-refractivity contribution in [2.45, 2.75) is 23.8 Å². The molecule has 0 spiro atoms. The maximum absolute atomic E-state index is 13.4. The van der Waals surface area contributed by atoms with Gasteiger partial charge in [0.1, 0.15) is 16.5 Å². The molecule has 2 N–H and O–H groups in total. The SMILES string of the molecule is O=S(=O)(N[C@H]1CCCNC1)c1ccc(F)cc1F. The number of sulfonamides is 1. The van der Waals surface area contributed by atoms with E-state index in [1.54, 1.807) is 0 Å². The van der Waals surface area contributed by atoms with E-state index in [-0.39, 0.29) is 6.04 Å². The van der Waals surface area contributed by atoms with Gasteiger partial charge < -0.3 is 5.32 Å². The minimum absolute atomic E-state index is 0.256. The van der Waals surface area contributed by atoms with Crippen LogP contribution in [0.1, 0.15) is 12.8 Å². The zero-order chi connectivity index (χ0) is 13.2. The van der Waals surface area contributed by atoms with E-state index in [4.69, 9.17) is 0 Å². The third-order valence-electron chi connectivity index (χ3n) is 2.80. The first kappa shape index (κ1) is 13.4. The van der Waals surface area contributed by atoms with Crippen molar-refractivity contribution in [3.63, 3.8) is 0 Å². The van der Waals surface area contributed by atoms with Crippen LogP contribution in [0.3, 0.4) is 0 Å². The molecule has 18 heavy (non-hydrogen) atoms. The highest BCUT2D eigenvalue weighted by Crippen LogP contribution is 2.16. The lowest BCUT2D eigenvalue weighted by Crippen LogP contribution is -2.45. The van der Waals surface area contributed by atoms with Crippen LogP contribution in [0.4, 0.5) is 8.78 Å². The van der Waals surface area contributed by atoms with Gasteiger partial charge in [0.05, 0.1) is 0 Å². The largest absolute Gasteiger partial charge is 0.315 e. The number of hydrogen-bond donors (Lipinski definition) is 2.